The third kappa shape index (κ3) is 5.05. The first-order chi connectivity index (χ1) is 12.1. The van der Waals surface area contributed by atoms with E-state index in [1.54, 1.807) is 15.7 Å². The fourth-order valence-corrected chi connectivity index (χ4v) is 2.99. The third-order valence-corrected chi connectivity index (χ3v) is 4.48. The Hall–Kier alpha value is -2.36. The second kappa shape index (κ2) is 8.15. The lowest BCUT2D eigenvalue weighted by molar-refractivity contribution is -0.122. The molecule has 3 rings (SSSR count). The standard InChI is InChI=1S/C15H25N9O/c1-12-3-5-22(6-4-12)8-14-19-20-21-24(14)9-15(25)18-13(2)7-23-11-16-10-17-23/h10-13H,3-9H2,1-2H3,(H,18,25)/t13-/m1/s1. The Labute approximate surface area is 146 Å². The average molecular weight is 347 g/mol. The zero-order valence-corrected chi connectivity index (χ0v) is 14.7. The molecule has 1 atom stereocenters. The molecule has 25 heavy (non-hydrogen) atoms. The van der Waals surface area contributed by atoms with Gasteiger partial charge in [0, 0.05) is 6.04 Å². The SMILES string of the molecule is CC1CCN(Cc2nnnn2CC(=O)N[C@H](C)Cn2cncn2)CC1. The molecule has 0 spiro atoms. The summed E-state index contributed by atoms with van der Waals surface area (Å²) >= 11 is 0. The van der Waals surface area contributed by atoms with E-state index < -0.39 is 0 Å². The minimum absolute atomic E-state index is 0.0577. The van der Waals surface area contributed by atoms with Gasteiger partial charge in [0.05, 0.1) is 13.1 Å². The van der Waals surface area contributed by atoms with Gasteiger partial charge in [0.2, 0.25) is 5.91 Å². The van der Waals surface area contributed by atoms with E-state index >= 15 is 0 Å². The molecule has 2 aromatic rings. The Morgan fingerprint density at radius 3 is 2.92 bits per heavy atom. The number of hydrogen-bond acceptors (Lipinski definition) is 7. The zero-order chi connectivity index (χ0) is 17.6. The number of carbonyl (C=O) groups excluding carboxylic acids is 1. The van der Waals surface area contributed by atoms with Crippen LogP contribution in [0.25, 0.3) is 0 Å². The van der Waals surface area contributed by atoms with E-state index in [4.69, 9.17) is 0 Å². The highest BCUT2D eigenvalue weighted by Crippen LogP contribution is 2.17. The van der Waals surface area contributed by atoms with Gasteiger partial charge in [-0.05, 0) is 49.2 Å². The Balaban J connectivity index is 1.49. The van der Waals surface area contributed by atoms with Crippen LogP contribution < -0.4 is 5.32 Å². The Morgan fingerprint density at radius 2 is 2.20 bits per heavy atom. The van der Waals surface area contributed by atoms with Gasteiger partial charge in [-0.2, -0.15) is 5.10 Å². The predicted molar refractivity (Wildman–Crippen MR) is 89.1 cm³/mol. The summed E-state index contributed by atoms with van der Waals surface area (Å²) in [5, 5.41) is 18.7. The molecule has 1 aliphatic heterocycles. The minimum atomic E-state index is -0.117. The number of rotatable bonds is 7. The molecule has 1 fully saturated rings. The van der Waals surface area contributed by atoms with Gasteiger partial charge < -0.3 is 5.32 Å². The second-order valence-corrected chi connectivity index (χ2v) is 6.80. The van der Waals surface area contributed by atoms with Gasteiger partial charge in [0.25, 0.3) is 0 Å². The van der Waals surface area contributed by atoms with Crippen molar-refractivity contribution in [2.75, 3.05) is 13.1 Å². The highest BCUT2D eigenvalue weighted by atomic mass is 16.2. The number of tetrazole rings is 1. The van der Waals surface area contributed by atoms with Crippen LogP contribution in [-0.2, 0) is 24.4 Å². The maximum absolute atomic E-state index is 12.3. The number of likely N-dealkylation sites (tertiary alicyclic amines) is 1. The van der Waals surface area contributed by atoms with Crippen LogP contribution in [0.15, 0.2) is 12.7 Å². The van der Waals surface area contributed by atoms with Crippen molar-refractivity contribution in [2.24, 2.45) is 5.92 Å². The van der Waals surface area contributed by atoms with Gasteiger partial charge >= 0.3 is 0 Å². The molecule has 3 heterocycles. The van der Waals surface area contributed by atoms with Gasteiger partial charge in [0.15, 0.2) is 5.82 Å². The van der Waals surface area contributed by atoms with Crippen molar-refractivity contribution < 1.29 is 4.79 Å². The van der Waals surface area contributed by atoms with E-state index in [-0.39, 0.29) is 18.5 Å². The average Bonchev–Trinajstić information content (AvgIpc) is 3.22. The summed E-state index contributed by atoms with van der Waals surface area (Å²) in [5.74, 6) is 1.39. The van der Waals surface area contributed by atoms with Crippen LogP contribution in [0.2, 0.25) is 0 Å². The third-order valence-electron chi connectivity index (χ3n) is 4.48. The molecule has 10 heteroatoms. The number of aromatic nitrogens is 7. The Morgan fingerprint density at radius 1 is 1.40 bits per heavy atom. The molecule has 0 bridgehead atoms. The minimum Gasteiger partial charge on any atom is -0.350 e. The van der Waals surface area contributed by atoms with Gasteiger partial charge in [-0.25, -0.2) is 9.67 Å². The maximum Gasteiger partial charge on any atom is 0.242 e. The molecule has 0 radical (unpaired) electrons. The molecule has 1 saturated heterocycles. The Kier molecular flexibility index (Phi) is 5.69. The van der Waals surface area contributed by atoms with Gasteiger partial charge in [-0.15, -0.1) is 5.10 Å². The van der Waals surface area contributed by atoms with Crippen LogP contribution in [0.4, 0.5) is 0 Å². The fraction of sp³-hybridized carbons (Fsp3) is 0.733. The summed E-state index contributed by atoms with van der Waals surface area (Å²) in [6.45, 7) is 7.68. The maximum atomic E-state index is 12.3. The number of nitrogens with zero attached hydrogens (tertiary/aromatic N) is 8. The molecule has 0 unspecified atom stereocenters. The molecule has 0 aliphatic carbocycles. The lowest BCUT2D eigenvalue weighted by Crippen LogP contribution is -2.39. The molecule has 1 amide bonds. The van der Waals surface area contributed by atoms with E-state index in [1.165, 1.54) is 19.2 Å². The van der Waals surface area contributed by atoms with Crippen LogP contribution >= 0.6 is 0 Å². The van der Waals surface area contributed by atoms with Crippen molar-refractivity contribution >= 4 is 5.91 Å². The van der Waals surface area contributed by atoms with Gasteiger partial charge in [0.1, 0.15) is 19.2 Å². The van der Waals surface area contributed by atoms with E-state index in [0.717, 1.165) is 24.8 Å². The van der Waals surface area contributed by atoms with E-state index in [2.05, 4.69) is 42.7 Å². The van der Waals surface area contributed by atoms with Gasteiger partial charge in [-0.3, -0.25) is 14.4 Å². The van der Waals surface area contributed by atoms with Crippen molar-refractivity contribution in [1.82, 2.24) is 45.2 Å². The molecule has 1 N–H and O–H groups in total. The number of amides is 1. The molecule has 0 aromatic carbocycles. The van der Waals surface area contributed by atoms with Crippen LogP contribution in [0.5, 0.6) is 0 Å². The first kappa shape index (κ1) is 17.5. The summed E-state index contributed by atoms with van der Waals surface area (Å²) in [6, 6.07) is -0.0577. The van der Waals surface area contributed by atoms with E-state index in [0.29, 0.717) is 13.1 Å². The number of hydrogen-bond donors (Lipinski definition) is 1. The highest BCUT2D eigenvalue weighted by Gasteiger charge is 2.19. The molecular weight excluding hydrogens is 322 g/mol. The van der Waals surface area contributed by atoms with Crippen molar-refractivity contribution in [1.29, 1.82) is 0 Å². The largest absolute Gasteiger partial charge is 0.350 e. The van der Waals surface area contributed by atoms with Crippen molar-refractivity contribution in [3.8, 4) is 0 Å². The highest BCUT2D eigenvalue weighted by molar-refractivity contribution is 5.75. The lowest BCUT2D eigenvalue weighted by Gasteiger charge is -2.29. The smallest absolute Gasteiger partial charge is 0.242 e. The fourth-order valence-electron chi connectivity index (χ4n) is 2.99. The van der Waals surface area contributed by atoms with Crippen LogP contribution in [0, 0.1) is 5.92 Å². The molecule has 10 nitrogen and oxygen atoms in total. The first-order valence-corrected chi connectivity index (χ1v) is 8.69. The summed E-state index contributed by atoms with van der Waals surface area (Å²) in [5.41, 5.74) is 0. The lowest BCUT2D eigenvalue weighted by atomic mass is 9.99. The first-order valence-electron chi connectivity index (χ1n) is 8.69. The molecule has 0 saturated carbocycles. The van der Waals surface area contributed by atoms with Gasteiger partial charge in [-0.1, -0.05) is 6.92 Å². The summed E-state index contributed by atoms with van der Waals surface area (Å²) in [4.78, 5) is 18.5. The van der Waals surface area contributed by atoms with E-state index in [9.17, 15) is 4.79 Å². The van der Waals surface area contributed by atoms with Crippen LogP contribution in [0.1, 0.15) is 32.5 Å². The number of carbonyl (C=O) groups is 1. The van der Waals surface area contributed by atoms with E-state index in [1.807, 2.05) is 6.92 Å². The van der Waals surface area contributed by atoms with Crippen molar-refractivity contribution in [3.05, 3.63) is 18.5 Å². The predicted octanol–water partition coefficient (Wildman–Crippen LogP) is -0.299. The summed E-state index contributed by atoms with van der Waals surface area (Å²) in [6.07, 6.45) is 5.49. The quantitative estimate of drug-likeness (QED) is 0.733. The molecule has 1 aliphatic rings. The second-order valence-electron chi connectivity index (χ2n) is 6.80. The Bertz CT molecular complexity index is 660. The number of nitrogens with one attached hydrogen (secondary N) is 1. The topological polar surface area (TPSA) is 107 Å². The monoisotopic (exact) mass is 347 g/mol. The summed E-state index contributed by atoms with van der Waals surface area (Å²) < 4.78 is 3.26. The zero-order valence-electron chi connectivity index (χ0n) is 14.7. The number of piperidine rings is 1. The molecule has 136 valence electrons. The molecular formula is C15H25N9O. The van der Waals surface area contributed by atoms with Crippen molar-refractivity contribution in [3.63, 3.8) is 0 Å². The summed E-state index contributed by atoms with van der Waals surface area (Å²) in [7, 11) is 0. The normalized spacial score (nSPS) is 17.5. The van der Waals surface area contributed by atoms with Crippen LogP contribution in [-0.4, -0.2) is 64.9 Å². The van der Waals surface area contributed by atoms with Crippen molar-refractivity contribution in [2.45, 2.75) is 52.4 Å². The molecule has 2 aromatic heterocycles. The van der Waals surface area contributed by atoms with Crippen LogP contribution in [0.3, 0.4) is 0 Å².